The Hall–Kier alpha value is -0.590. The zero-order valence-corrected chi connectivity index (χ0v) is 12.4. The van der Waals surface area contributed by atoms with Crippen LogP contribution in [0.4, 0.5) is 5.69 Å². The quantitative estimate of drug-likeness (QED) is 0.888. The molecule has 1 saturated heterocycles. The summed E-state index contributed by atoms with van der Waals surface area (Å²) in [5.74, 6) is 0.470. The van der Waals surface area contributed by atoms with Crippen molar-refractivity contribution in [2.75, 3.05) is 23.6 Å². The van der Waals surface area contributed by atoms with E-state index in [9.17, 15) is 8.42 Å². The van der Waals surface area contributed by atoms with E-state index >= 15 is 0 Å². The van der Waals surface area contributed by atoms with Gasteiger partial charge in [0.2, 0.25) is 10.0 Å². The number of piperidine rings is 1. The Morgan fingerprint density at radius 2 is 2.06 bits per heavy atom. The topological polar surface area (TPSA) is 58.2 Å². The highest BCUT2D eigenvalue weighted by Crippen LogP contribution is 2.19. The first-order valence-electron chi connectivity index (χ1n) is 6.02. The maximum atomic E-state index is 12.0. The molecule has 18 heavy (non-hydrogen) atoms. The third-order valence-electron chi connectivity index (χ3n) is 3.01. The normalized spacial score (nSPS) is 17.6. The third-order valence-corrected chi connectivity index (χ3v) is 4.96. The number of sulfonamides is 1. The molecule has 0 radical (unpaired) electrons. The first kappa shape index (κ1) is 13.8. The van der Waals surface area contributed by atoms with Crippen molar-refractivity contribution in [1.82, 2.24) is 5.32 Å². The lowest BCUT2D eigenvalue weighted by Gasteiger charge is -2.22. The maximum Gasteiger partial charge on any atom is 0.232 e. The van der Waals surface area contributed by atoms with E-state index in [1.54, 1.807) is 12.1 Å². The summed E-state index contributed by atoms with van der Waals surface area (Å²) in [6.45, 7) is 1.83. The Labute approximate surface area is 116 Å². The molecule has 1 fully saturated rings. The van der Waals surface area contributed by atoms with Gasteiger partial charge in [0.15, 0.2) is 0 Å². The largest absolute Gasteiger partial charge is 0.317 e. The van der Waals surface area contributed by atoms with Crippen LogP contribution in [0.5, 0.6) is 0 Å². The number of benzene rings is 1. The van der Waals surface area contributed by atoms with Crippen molar-refractivity contribution in [3.8, 4) is 0 Å². The number of hydrogen-bond acceptors (Lipinski definition) is 3. The standard InChI is InChI=1S/C12H17BrN2O2S/c13-11-2-1-3-12(8-11)15-18(16,17)9-10-4-6-14-7-5-10/h1-3,8,10,14-15H,4-7,9H2. The molecule has 0 bridgehead atoms. The van der Waals surface area contributed by atoms with Gasteiger partial charge in [-0.1, -0.05) is 22.0 Å². The Bertz CT molecular complexity index is 499. The number of anilines is 1. The van der Waals surface area contributed by atoms with E-state index in [0.29, 0.717) is 5.69 Å². The lowest BCUT2D eigenvalue weighted by molar-refractivity contribution is 0.402. The molecule has 0 saturated carbocycles. The Kier molecular flexibility index (Phi) is 4.64. The van der Waals surface area contributed by atoms with Crippen LogP contribution in [0, 0.1) is 5.92 Å². The van der Waals surface area contributed by atoms with Crippen LogP contribution >= 0.6 is 15.9 Å². The molecule has 1 aliphatic rings. The van der Waals surface area contributed by atoms with Gasteiger partial charge in [0, 0.05) is 10.2 Å². The van der Waals surface area contributed by atoms with Crippen molar-refractivity contribution in [3.63, 3.8) is 0 Å². The van der Waals surface area contributed by atoms with Crippen molar-refractivity contribution in [3.05, 3.63) is 28.7 Å². The molecule has 0 unspecified atom stereocenters. The van der Waals surface area contributed by atoms with Crippen LogP contribution in [-0.4, -0.2) is 27.3 Å². The zero-order valence-electron chi connectivity index (χ0n) is 10.0. The van der Waals surface area contributed by atoms with E-state index in [0.717, 1.165) is 30.4 Å². The highest BCUT2D eigenvalue weighted by atomic mass is 79.9. The summed E-state index contributed by atoms with van der Waals surface area (Å²) in [6.07, 6.45) is 1.86. The van der Waals surface area contributed by atoms with Gasteiger partial charge in [0.25, 0.3) is 0 Å². The summed E-state index contributed by atoms with van der Waals surface area (Å²) in [5, 5.41) is 3.24. The molecular formula is C12H17BrN2O2S. The lowest BCUT2D eigenvalue weighted by Crippen LogP contribution is -2.33. The van der Waals surface area contributed by atoms with Gasteiger partial charge >= 0.3 is 0 Å². The van der Waals surface area contributed by atoms with Gasteiger partial charge in [-0.05, 0) is 50.0 Å². The lowest BCUT2D eigenvalue weighted by atomic mass is 10.0. The first-order valence-corrected chi connectivity index (χ1v) is 8.46. The molecular weight excluding hydrogens is 316 g/mol. The molecule has 4 nitrogen and oxygen atoms in total. The molecule has 0 amide bonds. The Morgan fingerprint density at radius 3 is 2.72 bits per heavy atom. The average Bonchev–Trinajstić information content (AvgIpc) is 2.28. The summed E-state index contributed by atoms with van der Waals surface area (Å²) >= 11 is 3.33. The predicted molar refractivity (Wildman–Crippen MR) is 77.1 cm³/mol. The smallest absolute Gasteiger partial charge is 0.232 e. The van der Waals surface area contributed by atoms with Gasteiger partial charge < -0.3 is 5.32 Å². The van der Waals surface area contributed by atoms with Crippen molar-refractivity contribution in [2.24, 2.45) is 5.92 Å². The molecule has 100 valence electrons. The summed E-state index contributed by atoms with van der Waals surface area (Å²) in [4.78, 5) is 0. The fourth-order valence-corrected chi connectivity index (χ4v) is 4.05. The highest BCUT2D eigenvalue weighted by Gasteiger charge is 2.21. The van der Waals surface area contributed by atoms with E-state index in [1.165, 1.54) is 0 Å². The molecule has 0 atom stereocenters. The van der Waals surface area contributed by atoms with Crippen LogP contribution in [-0.2, 0) is 10.0 Å². The van der Waals surface area contributed by atoms with Gasteiger partial charge in [-0.2, -0.15) is 0 Å². The monoisotopic (exact) mass is 332 g/mol. The number of halogens is 1. The van der Waals surface area contributed by atoms with Crippen LogP contribution in [0.3, 0.4) is 0 Å². The van der Waals surface area contributed by atoms with Gasteiger partial charge in [-0.3, -0.25) is 4.72 Å². The average molecular weight is 333 g/mol. The first-order chi connectivity index (χ1) is 8.55. The molecule has 1 heterocycles. The Morgan fingerprint density at radius 1 is 1.33 bits per heavy atom. The van der Waals surface area contributed by atoms with Crippen LogP contribution < -0.4 is 10.0 Å². The fourth-order valence-electron chi connectivity index (χ4n) is 2.13. The van der Waals surface area contributed by atoms with E-state index in [-0.39, 0.29) is 11.7 Å². The second-order valence-corrected chi connectivity index (χ2v) is 7.27. The van der Waals surface area contributed by atoms with E-state index < -0.39 is 10.0 Å². The van der Waals surface area contributed by atoms with Crippen LogP contribution in [0.1, 0.15) is 12.8 Å². The molecule has 0 aliphatic carbocycles. The summed E-state index contributed by atoms with van der Waals surface area (Å²) in [6, 6.07) is 7.20. The molecule has 0 spiro atoms. The number of rotatable bonds is 4. The maximum absolute atomic E-state index is 12.0. The minimum absolute atomic E-state index is 0.210. The molecule has 0 aromatic heterocycles. The molecule has 6 heteroatoms. The van der Waals surface area contributed by atoms with Crippen LogP contribution in [0.15, 0.2) is 28.7 Å². The van der Waals surface area contributed by atoms with E-state index in [1.807, 2.05) is 12.1 Å². The van der Waals surface area contributed by atoms with Crippen molar-refractivity contribution in [2.45, 2.75) is 12.8 Å². The molecule has 2 rings (SSSR count). The number of hydrogen-bond donors (Lipinski definition) is 2. The van der Waals surface area contributed by atoms with Crippen molar-refractivity contribution < 1.29 is 8.42 Å². The Balaban J connectivity index is 1.98. The predicted octanol–water partition coefficient (Wildman–Crippen LogP) is 2.19. The molecule has 1 aromatic carbocycles. The second kappa shape index (κ2) is 6.04. The van der Waals surface area contributed by atoms with Gasteiger partial charge in [0.1, 0.15) is 0 Å². The SMILES string of the molecule is O=S(=O)(CC1CCNCC1)Nc1cccc(Br)c1. The van der Waals surface area contributed by atoms with Crippen LogP contribution in [0.2, 0.25) is 0 Å². The summed E-state index contributed by atoms with van der Waals surface area (Å²) in [7, 11) is -3.25. The molecule has 1 aliphatic heterocycles. The minimum atomic E-state index is -3.25. The minimum Gasteiger partial charge on any atom is -0.317 e. The van der Waals surface area contributed by atoms with Crippen molar-refractivity contribution >= 4 is 31.6 Å². The summed E-state index contributed by atoms with van der Waals surface area (Å²) in [5.41, 5.74) is 0.610. The molecule has 1 aromatic rings. The fraction of sp³-hybridized carbons (Fsp3) is 0.500. The second-order valence-electron chi connectivity index (χ2n) is 4.59. The van der Waals surface area contributed by atoms with Gasteiger partial charge in [-0.15, -0.1) is 0 Å². The third kappa shape index (κ3) is 4.26. The van der Waals surface area contributed by atoms with E-state index in [2.05, 4.69) is 26.0 Å². The van der Waals surface area contributed by atoms with Gasteiger partial charge in [-0.25, -0.2) is 8.42 Å². The van der Waals surface area contributed by atoms with Gasteiger partial charge in [0.05, 0.1) is 5.75 Å². The highest BCUT2D eigenvalue weighted by molar-refractivity contribution is 9.10. The van der Waals surface area contributed by atoms with Crippen molar-refractivity contribution in [1.29, 1.82) is 0 Å². The van der Waals surface area contributed by atoms with Crippen LogP contribution in [0.25, 0.3) is 0 Å². The summed E-state index contributed by atoms with van der Waals surface area (Å²) < 4.78 is 27.6. The molecule has 2 N–H and O–H groups in total. The zero-order chi connectivity index (χ0) is 13.0. The number of nitrogens with one attached hydrogen (secondary N) is 2. The van der Waals surface area contributed by atoms with E-state index in [4.69, 9.17) is 0 Å².